The van der Waals surface area contributed by atoms with Gasteiger partial charge in [-0.1, -0.05) is 49.4 Å². The molecule has 0 aliphatic heterocycles. The predicted octanol–water partition coefficient (Wildman–Crippen LogP) is 3.65. The van der Waals surface area contributed by atoms with E-state index in [1.165, 1.54) is 0 Å². The Kier molecular flexibility index (Phi) is 3.24. The lowest BCUT2D eigenvalue weighted by Crippen LogP contribution is -1.97. The smallest absolute Gasteiger partial charge is 0.166 e. The molecule has 0 aliphatic carbocycles. The van der Waals surface area contributed by atoms with Gasteiger partial charge < -0.3 is 5.11 Å². The minimum atomic E-state index is -0.0414. The number of Topliss-reactive ketones (excluding diaryl/α,β-unsaturated/α-hetero) is 1. The fourth-order valence-electron chi connectivity index (χ4n) is 1.81. The zero-order valence-corrected chi connectivity index (χ0v) is 9.68. The molecule has 0 aromatic heterocycles. The molecule has 2 nitrogen and oxygen atoms in total. The lowest BCUT2D eigenvalue weighted by atomic mass is 9.99. The lowest BCUT2D eigenvalue weighted by Gasteiger charge is -2.08. The van der Waals surface area contributed by atoms with E-state index in [0.717, 1.165) is 5.56 Å². The van der Waals surface area contributed by atoms with Crippen molar-refractivity contribution in [3.8, 4) is 16.9 Å². The van der Waals surface area contributed by atoms with Crippen LogP contribution in [0.4, 0.5) is 0 Å². The molecule has 0 fully saturated rings. The second kappa shape index (κ2) is 4.83. The molecular formula is C15H14O2. The van der Waals surface area contributed by atoms with Gasteiger partial charge in [0.05, 0.1) is 5.56 Å². The van der Waals surface area contributed by atoms with Crippen molar-refractivity contribution in [2.75, 3.05) is 0 Å². The van der Waals surface area contributed by atoms with Crippen molar-refractivity contribution < 1.29 is 9.90 Å². The maximum atomic E-state index is 11.7. The minimum Gasteiger partial charge on any atom is -0.507 e. The van der Waals surface area contributed by atoms with E-state index in [9.17, 15) is 9.90 Å². The second-order valence-electron chi connectivity index (χ2n) is 3.84. The normalized spacial score (nSPS) is 10.2. The highest BCUT2D eigenvalue weighted by molar-refractivity contribution is 6.00. The van der Waals surface area contributed by atoms with E-state index in [4.69, 9.17) is 0 Å². The Bertz CT molecular complexity index is 530. The van der Waals surface area contributed by atoms with Crippen molar-refractivity contribution in [2.45, 2.75) is 13.3 Å². The molecule has 0 amide bonds. The molecular weight excluding hydrogens is 212 g/mol. The third kappa shape index (κ3) is 2.21. The van der Waals surface area contributed by atoms with Gasteiger partial charge in [0.1, 0.15) is 5.75 Å². The summed E-state index contributed by atoms with van der Waals surface area (Å²) in [6, 6.07) is 14.8. The third-order valence-corrected chi connectivity index (χ3v) is 2.74. The van der Waals surface area contributed by atoms with Crippen molar-refractivity contribution in [3.05, 3.63) is 54.1 Å². The lowest BCUT2D eigenvalue weighted by molar-refractivity contribution is 0.0985. The Morgan fingerprint density at radius 2 is 1.76 bits per heavy atom. The number of rotatable bonds is 3. The van der Waals surface area contributed by atoms with Gasteiger partial charge >= 0.3 is 0 Å². The first-order valence-electron chi connectivity index (χ1n) is 5.64. The van der Waals surface area contributed by atoms with Crippen LogP contribution >= 0.6 is 0 Å². The first-order chi connectivity index (χ1) is 8.24. The summed E-state index contributed by atoms with van der Waals surface area (Å²) in [5.74, 6) is 0.0332. The monoisotopic (exact) mass is 226 g/mol. The van der Waals surface area contributed by atoms with Crippen molar-refractivity contribution in [1.29, 1.82) is 0 Å². The van der Waals surface area contributed by atoms with Gasteiger partial charge in [-0.05, 0) is 11.6 Å². The number of aromatic hydroxyl groups is 1. The Morgan fingerprint density at radius 3 is 2.41 bits per heavy atom. The molecule has 0 spiro atoms. The Balaban J connectivity index is 2.54. The van der Waals surface area contributed by atoms with Crippen molar-refractivity contribution >= 4 is 5.78 Å². The first-order valence-corrected chi connectivity index (χ1v) is 5.64. The molecule has 0 unspecified atom stereocenters. The fourth-order valence-corrected chi connectivity index (χ4v) is 1.81. The van der Waals surface area contributed by atoms with Gasteiger partial charge in [-0.25, -0.2) is 0 Å². The highest BCUT2D eigenvalue weighted by atomic mass is 16.3. The Labute approximate surface area is 101 Å². The molecule has 2 rings (SSSR count). The van der Waals surface area contributed by atoms with Gasteiger partial charge in [0.25, 0.3) is 0 Å². The molecule has 0 saturated carbocycles. The molecule has 0 bridgehead atoms. The summed E-state index contributed by atoms with van der Waals surface area (Å²) in [5, 5.41) is 10.1. The molecule has 2 aromatic carbocycles. The highest BCUT2D eigenvalue weighted by Gasteiger charge is 2.13. The van der Waals surface area contributed by atoms with Gasteiger partial charge in [0, 0.05) is 12.0 Å². The van der Waals surface area contributed by atoms with Crippen LogP contribution in [0.5, 0.6) is 5.75 Å². The summed E-state index contributed by atoms with van der Waals surface area (Å²) in [6.45, 7) is 1.79. The SMILES string of the molecule is CCC(=O)c1cccc(-c2ccccc2)c1O. The molecule has 86 valence electrons. The minimum absolute atomic E-state index is 0.0414. The van der Waals surface area contributed by atoms with E-state index in [1.54, 1.807) is 19.1 Å². The zero-order chi connectivity index (χ0) is 12.3. The molecule has 17 heavy (non-hydrogen) atoms. The van der Waals surface area contributed by atoms with Gasteiger partial charge in [-0.3, -0.25) is 4.79 Å². The number of hydrogen-bond acceptors (Lipinski definition) is 2. The molecule has 2 heteroatoms. The zero-order valence-electron chi connectivity index (χ0n) is 9.68. The molecule has 0 aliphatic rings. The van der Waals surface area contributed by atoms with Crippen LogP contribution in [0.25, 0.3) is 11.1 Å². The summed E-state index contributed by atoms with van der Waals surface area (Å²) in [4.78, 5) is 11.7. The molecule has 0 saturated heterocycles. The van der Waals surface area contributed by atoms with Crippen molar-refractivity contribution in [3.63, 3.8) is 0 Å². The topological polar surface area (TPSA) is 37.3 Å². The third-order valence-electron chi connectivity index (χ3n) is 2.74. The number of phenols is 1. The van der Waals surface area contributed by atoms with Gasteiger partial charge in [-0.15, -0.1) is 0 Å². The maximum absolute atomic E-state index is 11.7. The number of hydrogen-bond donors (Lipinski definition) is 1. The summed E-state index contributed by atoms with van der Waals surface area (Å²) >= 11 is 0. The molecule has 0 radical (unpaired) electrons. The summed E-state index contributed by atoms with van der Waals surface area (Å²) in [7, 11) is 0. The number of ketones is 1. The van der Waals surface area contributed by atoms with Crippen LogP contribution in [0, 0.1) is 0 Å². The average Bonchev–Trinajstić information content (AvgIpc) is 2.39. The highest BCUT2D eigenvalue weighted by Crippen LogP contribution is 2.32. The standard InChI is InChI=1S/C15H14O2/c1-2-14(16)13-10-6-9-12(15(13)17)11-7-4-3-5-8-11/h3-10,17H,2H2,1H3. The van der Waals surface area contributed by atoms with Gasteiger partial charge in [0.2, 0.25) is 0 Å². The van der Waals surface area contributed by atoms with E-state index in [-0.39, 0.29) is 11.5 Å². The van der Waals surface area contributed by atoms with Crippen LogP contribution in [-0.2, 0) is 0 Å². The van der Waals surface area contributed by atoms with E-state index in [2.05, 4.69) is 0 Å². The number of phenolic OH excluding ortho intramolecular Hbond substituents is 1. The maximum Gasteiger partial charge on any atom is 0.166 e. The predicted molar refractivity (Wildman–Crippen MR) is 68.2 cm³/mol. The second-order valence-corrected chi connectivity index (χ2v) is 3.84. The number of carbonyl (C=O) groups is 1. The summed E-state index contributed by atoms with van der Waals surface area (Å²) in [5.41, 5.74) is 2.01. The molecule has 0 atom stereocenters. The van der Waals surface area contributed by atoms with Crippen LogP contribution in [0.2, 0.25) is 0 Å². The summed E-state index contributed by atoms with van der Waals surface area (Å²) in [6.07, 6.45) is 0.395. The molecule has 0 heterocycles. The van der Waals surface area contributed by atoms with Crippen LogP contribution < -0.4 is 0 Å². The number of benzene rings is 2. The first kappa shape index (κ1) is 11.4. The van der Waals surface area contributed by atoms with Crippen molar-refractivity contribution in [1.82, 2.24) is 0 Å². The number of para-hydroxylation sites is 1. The summed E-state index contributed by atoms with van der Waals surface area (Å²) < 4.78 is 0. The Morgan fingerprint density at radius 1 is 1.06 bits per heavy atom. The van der Waals surface area contributed by atoms with E-state index in [0.29, 0.717) is 17.5 Å². The van der Waals surface area contributed by atoms with Crippen LogP contribution in [0.15, 0.2) is 48.5 Å². The fraction of sp³-hybridized carbons (Fsp3) is 0.133. The quantitative estimate of drug-likeness (QED) is 0.811. The largest absolute Gasteiger partial charge is 0.507 e. The van der Waals surface area contributed by atoms with E-state index < -0.39 is 0 Å². The van der Waals surface area contributed by atoms with Gasteiger partial charge in [-0.2, -0.15) is 0 Å². The Hall–Kier alpha value is -2.09. The van der Waals surface area contributed by atoms with Crippen LogP contribution in [0.1, 0.15) is 23.7 Å². The van der Waals surface area contributed by atoms with E-state index in [1.807, 2.05) is 36.4 Å². The molecule has 2 aromatic rings. The molecule has 1 N–H and O–H groups in total. The van der Waals surface area contributed by atoms with Gasteiger partial charge in [0.15, 0.2) is 5.78 Å². The van der Waals surface area contributed by atoms with Crippen molar-refractivity contribution in [2.24, 2.45) is 0 Å². The number of carbonyl (C=O) groups excluding carboxylic acids is 1. The van der Waals surface area contributed by atoms with E-state index >= 15 is 0 Å². The van der Waals surface area contributed by atoms with Crippen LogP contribution in [0.3, 0.4) is 0 Å². The van der Waals surface area contributed by atoms with Crippen LogP contribution in [-0.4, -0.2) is 10.9 Å². The average molecular weight is 226 g/mol.